The van der Waals surface area contributed by atoms with Crippen molar-refractivity contribution >= 4 is 17.1 Å². The lowest BCUT2D eigenvalue weighted by Gasteiger charge is -2.06. The molecular weight excluding hydrogens is 274 g/mol. The molecule has 0 radical (unpaired) electrons. The normalized spacial score (nSPS) is 10.5. The lowest BCUT2D eigenvalue weighted by atomic mass is 10.3. The van der Waals surface area contributed by atoms with Crippen molar-refractivity contribution in [1.82, 2.24) is 9.66 Å². The minimum absolute atomic E-state index is 0.347. The first kappa shape index (κ1) is 13.0. The van der Waals surface area contributed by atoms with Crippen molar-refractivity contribution in [3.8, 4) is 5.75 Å². The Kier molecular flexibility index (Phi) is 3.46. The Hall–Kier alpha value is -2.96. The SMILES string of the molecule is COC(=O)Nn1cnc2cc(OCc3ccco3)ccc21. The molecule has 1 amide bonds. The van der Waals surface area contributed by atoms with Gasteiger partial charge in [0.2, 0.25) is 0 Å². The second kappa shape index (κ2) is 5.58. The lowest BCUT2D eigenvalue weighted by Crippen LogP contribution is -2.21. The number of furan rings is 1. The van der Waals surface area contributed by atoms with E-state index in [0.717, 1.165) is 11.3 Å². The number of imidazole rings is 1. The van der Waals surface area contributed by atoms with Crippen LogP contribution in [0.5, 0.6) is 5.75 Å². The lowest BCUT2D eigenvalue weighted by molar-refractivity contribution is 0.183. The maximum absolute atomic E-state index is 11.2. The van der Waals surface area contributed by atoms with E-state index in [2.05, 4.69) is 15.1 Å². The zero-order chi connectivity index (χ0) is 14.7. The number of nitrogens with zero attached hydrogens (tertiary/aromatic N) is 2. The first-order valence-electron chi connectivity index (χ1n) is 6.23. The maximum Gasteiger partial charge on any atom is 0.426 e. The van der Waals surface area contributed by atoms with Gasteiger partial charge in [-0.05, 0) is 24.3 Å². The fourth-order valence-corrected chi connectivity index (χ4v) is 1.86. The average Bonchev–Trinajstić information content (AvgIpc) is 3.15. The molecule has 7 heteroatoms. The van der Waals surface area contributed by atoms with Crippen LogP contribution < -0.4 is 10.2 Å². The van der Waals surface area contributed by atoms with Gasteiger partial charge in [-0.15, -0.1) is 0 Å². The fourth-order valence-electron chi connectivity index (χ4n) is 1.86. The Morgan fingerprint density at radius 3 is 3.10 bits per heavy atom. The number of aromatic nitrogens is 2. The summed E-state index contributed by atoms with van der Waals surface area (Å²) in [6.07, 6.45) is 2.53. The van der Waals surface area contributed by atoms with Gasteiger partial charge in [0.15, 0.2) is 0 Å². The van der Waals surface area contributed by atoms with Crippen molar-refractivity contribution in [1.29, 1.82) is 0 Å². The summed E-state index contributed by atoms with van der Waals surface area (Å²) >= 11 is 0. The quantitative estimate of drug-likeness (QED) is 0.797. The number of carbonyl (C=O) groups excluding carboxylic acids is 1. The van der Waals surface area contributed by atoms with Gasteiger partial charge in [-0.3, -0.25) is 0 Å². The second-order valence-corrected chi connectivity index (χ2v) is 4.24. The predicted molar refractivity (Wildman–Crippen MR) is 74.5 cm³/mol. The Morgan fingerprint density at radius 1 is 1.43 bits per heavy atom. The van der Waals surface area contributed by atoms with E-state index >= 15 is 0 Å². The molecule has 0 saturated heterocycles. The number of nitrogens with one attached hydrogen (secondary N) is 1. The largest absolute Gasteiger partial charge is 0.486 e. The minimum Gasteiger partial charge on any atom is -0.486 e. The van der Waals surface area contributed by atoms with Crippen molar-refractivity contribution in [2.75, 3.05) is 12.5 Å². The molecular formula is C14H13N3O4. The molecule has 0 saturated carbocycles. The highest BCUT2D eigenvalue weighted by atomic mass is 16.5. The molecule has 7 nitrogen and oxygen atoms in total. The first-order valence-corrected chi connectivity index (χ1v) is 6.23. The summed E-state index contributed by atoms with van der Waals surface area (Å²) in [5.41, 5.74) is 3.96. The monoisotopic (exact) mass is 287 g/mol. The van der Waals surface area contributed by atoms with E-state index in [1.807, 2.05) is 12.1 Å². The summed E-state index contributed by atoms with van der Waals surface area (Å²) in [5.74, 6) is 1.41. The van der Waals surface area contributed by atoms with Crippen molar-refractivity contribution in [2.45, 2.75) is 6.61 Å². The highest BCUT2D eigenvalue weighted by Crippen LogP contribution is 2.20. The van der Waals surface area contributed by atoms with E-state index in [1.165, 1.54) is 18.1 Å². The van der Waals surface area contributed by atoms with Crippen LogP contribution in [-0.2, 0) is 11.3 Å². The van der Waals surface area contributed by atoms with Gasteiger partial charge >= 0.3 is 6.09 Å². The molecule has 2 aromatic heterocycles. The van der Waals surface area contributed by atoms with Gasteiger partial charge in [-0.1, -0.05) is 0 Å². The van der Waals surface area contributed by atoms with E-state index in [-0.39, 0.29) is 0 Å². The average molecular weight is 287 g/mol. The molecule has 0 aliphatic carbocycles. The molecule has 0 aliphatic rings. The Bertz CT molecular complexity index is 749. The number of fused-ring (bicyclic) bond motifs is 1. The van der Waals surface area contributed by atoms with E-state index < -0.39 is 6.09 Å². The minimum atomic E-state index is -0.563. The molecule has 108 valence electrons. The Balaban J connectivity index is 1.76. The number of hydrogen-bond donors (Lipinski definition) is 1. The summed E-state index contributed by atoms with van der Waals surface area (Å²) in [4.78, 5) is 15.4. The number of benzene rings is 1. The number of amides is 1. The molecule has 0 atom stereocenters. The van der Waals surface area contributed by atoms with Gasteiger partial charge in [0.1, 0.15) is 24.4 Å². The molecule has 1 N–H and O–H groups in total. The Labute approximate surface area is 120 Å². The number of carbonyl (C=O) groups is 1. The topological polar surface area (TPSA) is 78.5 Å². The van der Waals surface area contributed by atoms with Gasteiger partial charge in [0.25, 0.3) is 0 Å². The van der Waals surface area contributed by atoms with Gasteiger partial charge in [0, 0.05) is 6.07 Å². The van der Waals surface area contributed by atoms with E-state index in [4.69, 9.17) is 9.15 Å². The van der Waals surface area contributed by atoms with Crippen LogP contribution in [0.3, 0.4) is 0 Å². The molecule has 1 aromatic carbocycles. The zero-order valence-electron chi connectivity index (χ0n) is 11.3. The van der Waals surface area contributed by atoms with Crippen molar-refractivity contribution < 1.29 is 18.7 Å². The van der Waals surface area contributed by atoms with Crippen LogP contribution in [0.15, 0.2) is 47.3 Å². The van der Waals surface area contributed by atoms with Gasteiger partial charge in [-0.25, -0.2) is 19.9 Å². The van der Waals surface area contributed by atoms with Crippen molar-refractivity contribution in [3.05, 3.63) is 48.7 Å². The molecule has 0 unspecified atom stereocenters. The summed E-state index contributed by atoms with van der Waals surface area (Å²) in [6.45, 7) is 0.347. The predicted octanol–water partition coefficient (Wildman–Crippen LogP) is 2.52. The van der Waals surface area contributed by atoms with Gasteiger partial charge < -0.3 is 13.9 Å². The summed E-state index contributed by atoms with van der Waals surface area (Å²) < 4.78 is 16.8. The third kappa shape index (κ3) is 2.81. The Morgan fingerprint density at radius 2 is 2.33 bits per heavy atom. The molecule has 0 spiro atoms. The van der Waals surface area contributed by atoms with Crippen LogP contribution in [0.4, 0.5) is 4.79 Å². The summed E-state index contributed by atoms with van der Waals surface area (Å²) in [6, 6.07) is 9.03. The number of ether oxygens (including phenoxy) is 2. The maximum atomic E-state index is 11.2. The smallest absolute Gasteiger partial charge is 0.426 e. The van der Waals surface area contributed by atoms with E-state index in [9.17, 15) is 4.79 Å². The highest BCUT2D eigenvalue weighted by molar-refractivity contribution is 5.82. The number of rotatable bonds is 4. The molecule has 3 rings (SSSR count). The molecule has 2 heterocycles. The third-order valence-electron chi connectivity index (χ3n) is 2.88. The van der Waals surface area contributed by atoms with Crippen LogP contribution in [0, 0.1) is 0 Å². The van der Waals surface area contributed by atoms with Crippen LogP contribution in [0.25, 0.3) is 11.0 Å². The van der Waals surface area contributed by atoms with Gasteiger partial charge in [-0.2, -0.15) is 0 Å². The van der Waals surface area contributed by atoms with Crippen LogP contribution in [0.2, 0.25) is 0 Å². The molecule has 0 bridgehead atoms. The number of hydrogen-bond acceptors (Lipinski definition) is 5. The third-order valence-corrected chi connectivity index (χ3v) is 2.88. The zero-order valence-corrected chi connectivity index (χ0v) is 11.3. The fraction of sp³-hybridized carbons (Fsp3) is 0.143. The van der Waals surface area contributed by atoms with Crippen LogP contribution in [0.1, 0.15) is 5.76 Å². The molecule has 21 heavy (non-hydrogen) atoms. The van der Waals surface area contributed by atoms with E-state index in [0.29, 0.717) is 17.9 Å². The van der Waals surface area contributed by atoms with Crippen molar-refractivity contribution in [2.24, 2.45) is 0 Å². The van der Waals surface area contributed by atoms with Gasteiger partial charge in [0.05, 0.1) is 24.4 Å². The standard InChI is InChI=1S/C14H13N3O4/c1-19-14(18)16-17-9-15-12-7-10(4-5-13(12)17)21-8-11-3-2-6-20-11/h2-7,9H,8H2,1H3,(H,16,18). The molecule has 0 fully saturated rings. The molecule has 3 aromatic rings. The highest BCUT2D eigenvalue weighted by Gasteiger charge is 2.07. The van der Waals surface area contributed by atoms with Crippen LogP contribution >= 0.6 is 0 Å². The summed E-state index contributed by atoms with van der Waals surface area (Å²) in [7, 11) is 1.30. The van der Waals surface area contributed by atoms with Crippen molar-refractivity contribution in [3.63, 3.8) is 0 Å². The second-order valence-electron chi connectivity index (χ2n) is 4.24. The summed E-state index contributed by atoms with van der Waals surface area (Å²) in [5, 5.41) is 0. The van der Waals surface area contributed by atoms with Crippen LogP contribution in [-0.4, -0.2) is 22.9 Å². The van der Waals surface area contributed by atoms with E-state index in [1.54, 1.807) is 24.5 Å². The molecule has 0 aliphatic heterocycles. The first-order chi connectivity index (χ1) is 10.3. The number of methoxy groups -OCH3 is 1.